The molecule has 2 N–H and O–H groups in total. The van der Waals surface area contributed by atoms with E-state index in [4.69, 9.17) is 5.73 Å². The van der Waals surface area contributed by atoms with Gasteiger partial charge in [-0.3, -0.25) is 4.90 Å². The van der Waals surface area contributed by atoms with Crippen molar-refractivity contribution in [3.8, 4) is 0 Å². The first-order valence-electron chi connectivity index (χ1n) is 8.27. The molecule has 0 radical (unpaired) electrons. The Kier molecular flexibility index (Phi) is 6.32. The van der Waals surface area contributed by atoms with Crippen LogP contribution in [-0.4, -0.2) is 30.1 Å². The molecular formula is C17H36N2. The van der Waals surface area contributed by atoms with E-state index in [1.165, 1.54) is 32.1 Å². The van der Waals surface area contributed by atoms with E-state index in [1.807, 2.05) is 0 Å². The van der Waals surface area contributed by atoms with E-state index in [0.717, 1.165) is 18.4 Å². The lowest BCUT2D eigenvalue weighted by Gasteiger charge is -2.45. The van der Waals surface area contributed by atoms with Gasteiger partial charge in [0.1, 0.15) is 0 Å². The topological polar surface area (TPSA) is 29.3 Å². The molecule has 0 aliphatic heterocycles. The van der Waals surface area contributed by atoms with Crippen molar-refractivity contribution in [2.45, 2.75) is 78.3 Å². The van der Waals surface area contributed by atoms with E-state index in [-0.39, 0.29) is 5.54 Å². The van der Waals surface area contributed by atoms with Crippen LogP contribution in [0.1, 0.15) is 66.7 Å². The van der Waals surface area contributed by atoms with Gasteiger partial charge in [-0.2, -0.15) is 0 Å². The molecule has 1 aliphatic carbocycles. The maximum absolute atomic E-state index is 6.23. The minimum absolute atomic E-state index is 0.243. The smallest absolute Gasteiger partial charge is 0.0331 e. The molecule has 1 saturated carbocycles. The minimum atomic E-state index is 0.243. The molecule has 1 rings (SSSR count). The zero-order valence-corrected chi connectivity index (χ0v) is 14.1. The molecule has 114 valence electrons. The summed E-state index contributed by atoms with van der Waals surface area (Å²) in [7, 11) is 2.30. The van der Waals surface area contributed by atoms with Crippen molar-refractivity contribution in [2.75, 3.05) is 13.6 Å². The zero-order valence-electron chi connectivity index (χ0n) is 14.1. The third-order valence-corrected chi connectivity index (χ3v) is 5.84. The summed E-state index contributed by atoms with van der Waals surface area (Å²) in [4.78, 5) is 2.60. The van der Waals surface area contributed by atoms with E-state index in [1.54, 1.807) is 0 Å². The number of hydrogen-bond donors (Lipinski definition) is 1. The lowest BCUT2D eigenvalue weighted by molar-refractivity contribution is 0.0487. The van der Waals surface area contributed by atoms with E-state index in [0.29, 0.717) is 12.0 Å². The minimum Gasteiger partial charge on any atom is -0.329 e. The van der Waals surface area contributed by atoms with Crippen LogP contribution < -0.4 is 5.73 Å². The van der Waals surface area contributed by atoms with Crippen molar-refractivity contribution in [1.82, 2.24) is 4.90 Å². The van der Waals surface area contributed by atoms with Gasteiger partial charge in [-0.25, -0.2) is 0 Å². The maximum Gasteiger partial charge on any atom is 0.0331 e. The molecule has 0 spiro atoms. The molecule has 0 heterocycles. The Hall–Kier alpha value is -0.0800. The lowest BCUT2D eigenvalue weighted by atomic mass is 9.84. The molecule has 1 fully saturated rings. The van der Waals surface area contributed by atoms with Gasteiger partial charge >= 0.3 is 0 Å². The first kappa shape index (κ1) is 17.0. The van der Waals surface area contributed by atoms with Crippen LogP contribution in [-0.2, 0) is 0 Å². The summed E-state index contributed by atoms with van der Waals surface area (Å²) in [6.07, 6.45) is 6.64. The summed E-state index contributed by atoms with van der Waals surface area (Å²) >= 11 is 0. The number of hydrogen-bond acceptors (Lipinski definition) is 2. The second-order valence-corrected chi connectivity index (χ2v) is 7.46. The average Bonchev–Trinajstić information content (AvgIpc) is 2.60. The molecule has 2 nitrogen and oxygen atoms in total. The highest BCUT2D eigenvalue weighted by Gasteiger charge is 2.38. The Bertz CT molecular complexity index is 262. The monoisotopic (exact) mass is 268 g/mol. The van der Waals surface area contributed by atoms with Gasteiger partial charge in [0.25, 0.3) is 0 Å². The fourth-order valence-electron chi connectivity index (χ4n) is 3.66. The SMILES string of the molecule is CC(C)C1CCCC(CN)(N(C)C(C)C(C)C)CC1. The van der Waals surface area contributed by atoms with Crippen LogP contribution in [0.4, 0.5) is 0 Å². The fraction of sp³-hybridized carbons (Fsp3) is 1.00. The normalized spacial score (nSPS) is 30.9. The molecule has 0 aromatic rings. The van der Waals surface area contributed by atoms with Crippen molar-refractivity contribution in [3.05, 3.63) is 0 Å². The molecular weight excluding hydrogens is 232 g/mol. The third kappa shape index (κ3) is 3.95. The number of nitrogens with two attached hydrogens (primary N) is 1. The second kappa shape index (κ2) is 7.08. The molecule has 2 heteroatoms. The summed E-state index contributed by atoms with van der Waals surface area (Å²) in [5.74, 6) is 2.41. The van der Waals surface area contributed by atoms with Crippen LogP contribution in [0.3, 0.4) is 0 Å². The van der Waals surface area contributed by atoms with Gasteiger partial charge in [-0.1, -0.05) is 40.5 Å². The quantitative estimate of drug-likeness (QED) is 0.766. The Labute approximate surface area is 121 Å². The van der Waals surface area contributed by atoms with Crippen LogP contribution in [0.25, 0.3) is 0 Å². The number of rotatable bonds is 5. The highest BCUT2D eigenvalue weighted by Crippen LogP contribution is 2.37. The van der Waals surface area contributed by atoms with Gasteiger partial charge in [0.2, 0.25) is 0 Å². The summed E-state index contributed by atoms with van der Waals surface area (Å²) in [6, 6.07) is 0.610. The van der Waals surface area contributed by atoms with Gasteiger partial charge in [-0.15, -0.1) is 0 Å². The Morgan fingerprint density at radius 1 is 1.11 bits per heavy atom. The van der Waals surface area contributed by atoms with Gasteiger partial charge in [0, 0.05) is 18.1 Å². The molecule has 19 heavy (non-hydrogen) atoms. The largest absolute Gasteiger partial charge is 0.329 e. The molecule has 0 aromatic heterocycles. The highest BCUT2D eigenvalue weighted by atomic mass is 15.2. The summed E-state index contributed by atoms with van der Waals surface area (Å²) in [5.41, 5.74) is 6.47. The first-order valence-corrected chi connectivity index (χ1v) is 8.27. The molecule has 0 saturated heterocycles. The van der Waals surface area contributed by atoms with E-state index in [2.05, 4.69) is 46.6 Å². The third-order valence-electron chi connectivity index (χ3n) is 5.84. The average molecular weight is 268 g/mol. The van der Waals surface area contributed by atoms with Crippen LogP contribution in [0.2, 0.25) is 0 Å². The molecule has 3 unspecified atom stereocenters. The standard InChI is InChI=1S/C17H36N2/c1-13(2)15(5)19(6)17(12-18)10-7-8-16(9-11-17)14(3)4/h13-16H,7-12,18H2,1-6H3. The van der Waals surface area contributed by atoms with Crippen molar-refractivity contribution in [1.29, 1.82) is 0 Å². The van der Waals surface area contributed by atoms with Crippen molar-refractivity contribution in [2.24, 2.45) is 23.5 Å². The zero-order chi connectivity index (χ0) is 14.6. The van der Waals surface area contributed by atoms with Gasteiger partial charge in [0.15, 0.2) is 0 Å². The summed E-state index contributed by atoms with van der Waals surface area (Å²) in [6.45, 7) is 12.6. The Balaban J connectivity index is 2.80. The number of likely N-dealkylation sites (N-methyl/N-ethyl adjacent to an activating group) is 1. The molecule has 0 aromatic carbocycles. The second-order valence-electron chi connectivity index (χ2n) is 7.46. The highest BCUT2D eigenvalue weighted by molar-refractivity contribution is 4.95. The number of nitrogens with zero attached hydrogens (tertiary/aromatic N) is 1. The van der Waals surface area contributed by atoms with Gasteiger partial charge in [-0.05, 0) is 51.0 Å². The van der Waals surface area contributed by atoms with E-state index in [9.17, 15) is 0 Å². The first-order chi connectivity index (χ1) is 8.84. The predicted octanol–water partition coefficient (Wildman–Crippen LogP) is 3.90. The van der Waals surface area contributed by atoms with E-state index < -0.39 is 0 Å². The van der Waals surface area contributed by atoms with Crippen LogP contribution >= 0.6 is 0 Å². The lowest BCUT2D eigenvalue weighted by Crippen LogP contribution is -2.56. The Morgan fingerprint density at radius 2 is 1.74 bits per heavy atom. The maximum atomic E-state index is 6.23. The predicted molar refractivity (Wildman–Crippen MR) is 85.3 cm³/mol. The fourth-order valence-corrected chi connectivity index (χ4v) is 3.66. The van der Waals surface area contributed by atoms with Crippen LogP contribution in [0.5, 0.6) is 0 Å². The van der Waals surface area contributed by atoms with Crippen molar-refractivity contribution in [3.63, 3.8) is 0 Å². The van der Waals surface area contributed by atoms with Crippen LogP contribution in [0, 0.1) is 17.8 Å². The summed E-state index contributed by atoms with van der Waals surface area (Å²) < 4.78 is 0. The summed E-state index contributed by atoms with van der Waals surface area (Å²) in [5, 5.41) is 0. The molecule has 1 aliphatic rings. The molecule has 3 atom stereocenters. The molecule has 0 amide bonds. The molecule has 0 bridgehead atoms. The van der Waals surface area contributed by atoms with Crippen molar-refractivity contribution < 1.29 is 0 Å². The van der Waals surface area contributed by atoms with Gasteiger partial charge in [0.05, 0.1) is 0 Å². The van der Waals surface area contributed by atoms with E-state index >= 15 is 0 Å². The van der Waals surface area contributed by atoms with Crippen LogP contribution in [0.15, 0.2) is 0 Å². The van der Waals surface area contributed by atoms with Crippen molar-refractivity contribution >= 4 is 0 Å². The van der Waals surface area contributed by atoms with Gasteiger partial charge < -0.3 is 5.73 Å². The Morgan fingerprint density at radius 3 is 2.21 bits per heavy atom.